The topological polar surface area (TPSA) is 70.9 Å². The summed E-state index contributed by atoms with van der Waals surface area (Å²) >= 11 is 1.21. The second-order valence-electron chi connectivity index (χ2n) is 4.29. The van der Waals surface area contributed by atoms with E-state index in [4.69, 9.17) is 0 Å². The molecular weight excluding hydrogens is 269 g/mol. The van der Waals surface area contributed by atoms with Crippen LogP contribution in [-0.4, -0.2) is 19.9 Å². The van der Waals surface area contributed by atoms with E-state index in [0.29, 0.717) is 21.2 Å². The number of hydrogen-bond donors (Lipinski definition) is 2. The molecule has 1 atom stereocenters. The molecule has 2 N–H and O–H groups in total. The summed E-state index contributed by atoms with van der Waals surface area (Å²) in [5, 5.41) is 16.4. The van der Waals surface area contributed by atoms with Gasteiger partial charge in [-0.05, 0) is 48.9 Å². The summed E-state index contributed by atoms with van der Waals surface area (Å²) in [6.07, 6.45) is -0.798. The number of nitrogens with one attached hydrogen (secondary N) is 1. The maximum atomic E-state index is 13.5. The Labute approximate surface area is 113 Å². The monoisotopic (exact) mass is 283 g/mol. The van der Waals surface area contributed by atoms with Gasteiger partial charge in [0, 0.05) is 11.9 Å². The molecule has 0 spiro atoms. The van der Waals surface area contributed by atoms with Crippen LogP contribution in [0.2, 0.25) is 0 Å². The molecule has 0 saturated heterocycles. The van der Waals surface area contributed by atoms with Crippen LogP contribution in [0, 0.1) is 12.7 Å². The van der Waals surface area contributed by atoms with Gasteiger partial charge in [0.05, 0.1) is 6.10 Å². The number of aryl methyl sites for hydroxylation is 1. The van der Waals surface area contributed by atoms with Crippen molar-refractivity contribution in [2.24, 2.45) is 7.05 Å². The number of nitrogens with zero attached hydrogens (tertiary/aromatic N) is 2. The third kappa shape index (κ3) is 2.71. The fraction of sp³-hybridized carbons (Fsp3) is 0.333. The number of halogens is 1. The van der Waals surface area contributed by atoms with Crippen molar-refractivity contribution in [3.05, 3.63) is 39.6 Å². The average Bonchev–Trinajstić information content (AvgIpc) is 2.65. The molecule has 0 aliphatic heterocycles. The Morgan fingerprint density at radius 1 is 1.53 bits per heavy atom. The lowest BCUT2D eigenvalue weighted by Crippen LogP contribution is -2.12. The second kappa shape index (κ2) is 5.18. The van der Waals surface area contributed by atoms with Crippen LogP contribution in [0.25, 0.3) is 0 Å². The van der Waals surface area contributed by atoms with E-state index in [1.165, 1.54) is 22.4 Å². The highest BCUT2D eigenvalue weighted by Crippen LogP contribution is 2.33. The van der Waals surface area contributed by atoms with Crippen molar-refractivity contribution in [1.29, 1.82) is 0 Å². The number of hydrogen-bond acceptors (Lipinski definition) is 4. The molecule has 0 aliphatic carbocycles. The summed E-state index contributed by atoms with van der Waals surface area (Å²) in [7, 11) is 1.59. The van der Waals surface area contributed by atoms with E-state index in [1.807, 2.05) is 0 Å². The highest BCUT2D eigenvalue weighted by Gasteiger charge is 2.15. The van der Waals surface area contributed by atoms with Crippen LogP contribution >= 0.6 is 11.8 Å². The number of rotatable bonds is 3. The van der Waals surface area contributed by atoms with Crippen molar-refractivity contribution >= 4 is 11.8 Å². The molecule has 1 heterocycles. The van der Waals surface area contributed by atoms with Gasteiger partial charge in [-0.3, -0.25) is 4.57 Å². The fourth-order valence-corrected chi connectivity index (χ4v) is 2.70. The predicted octanol–water partition coefficient (Wildman–Crippen LogP) is 1.76. The molecule has 0 saturated carbocycles. The number of aromatic nitrogens is 3. The van der Waals surface area contributed by atoms with Crippen molar-refractivity contribution < 1.29 is 9.50 Å². The van der Waals surface area contributed by atoms with E-state index in [0.717, 1.165) is 0 Å². The molecule has 0 aliphatic rings. The molecule has 5 nitrogen and oxygen atoms in total. The van der Waals surface area contributed by atoms with E-state index in [1.54, 1.807) is 27.0 Å². The van der Waals surface area contributed by atoms with Gasteiger partial charge in [-0.15, -0.1) is 5.10 Å². The number of aromatic amines is 1. The lowest BCUT2D eigenvalue weighted by Gasteiger charge is -2.12. The molecule has 1 aromatic carbocycles. The van der Waals surface area contributed by atoms with Gasteiger partial charge in [0.2, 0.25) is 0 Å². The molecule has 0 amide bonds. The highest BCUT2D eigenvalue weighted by atomic mass is 32.2. The van der Waals surface area contributed by atoms with Gasteiger partial charge in [0.1, 0.15) is 5.82 Å². The van der Waals surface area contributed by atoms with Gasteiger partial charge in [-0.1, -0.05) is 0 Å². The first-order valence-corrected chi connectivity index (χ1v) is 6.49. The van der Waals surface area contributed by atoms with Crippen molar-refractivity contribution in [3.63, 3.8) is 0 Å². The minimum absolute atomic E-state index is 0.320. The van der Waals surface area contributed by atoms with Crippen LogP contribution in [0.1, 0.15) is 24.2 Å². The van der Waals surface area contributed by atoms with Crippen LogP contribution in [0.5, 0.6) is 0 Å². The fourth-order valence-electron chi connectivity index (χ4n) is 1.61. The third-order valence-corrected chi connectivity index (χ3v) is 3.90. The number of H-pyrrole nitrogens is 1. The number of benzene rings is 1. The largest absolute Gasteiger partial charge is 0.389 e. The molecule has 2 rings (SSSR count). The van der Waals surface area contributed by atoms with Gasteiger partial charge in [-0.2, -0.15) is 0 Å². The Hall–Kier alpha value is -1.60. The Kier molecular flexibility index (Phi) is 3.77. The van der Waals surface area contributed by atoms with Crippen LogP contribution < -0.4 is 5.69 Å². The first-order chi connectivity index (χ1) is 8.90. The summed E-state index contributed by atoms with van der Waals surface area (Å²) in [6.45, 7) is 3.21. The lowest BCUT2D eigenvalue weighted by molar-refractivity contribution is 0.196. The summed E-state index contributed by atoms with van der Waals surface area (Å²) in [5.74, 6) is -0.365. The van der Waals surface area contributed by atoms with E-state index >= 15 is 0 Å². The average molecular weight is 283 g/mol. The molecule has 1 aromatic heterocycles. The third-order valence-electron chi connectivity index (χ3n) is 2.78. The molecule has 102 valence electrons. The van der Waals surface area contributed by atoms with Gasteiger partial charge in [0.15, 0.2) is 5.16 Å². The molecule has 0 bridgehead atoms. The van der Waals surface area contributed by atoms with Crippen LogP contribution in [0.4, 0.5) is 4.39 Å². The van der Waals surface area contributed by atoms with Crippen molar-refractivity contribution in [2.45, 2.75) is 30.0 Å². The quantitative estimate of drug-likeness (QED) is 0.900. The zero-order valence-corrected chi connectivity index (χ0v) is 11.6. The lowest BCUT2D eigenvalue weighted by atomic mass is 10.1. The van der Waals surface area contributed by atoms with Crippen molar-refractivity contribution in [1.82, 2.24) is 14.8 Å². The Morgan fingerprint density at radius 2 is 2.21 bits per heavy atom. The van der Waals surface area contributed by atoms with Gasteiger partial charge in [-0.25, -0.2) is 14.3 Å². The Morgan fingerprint density at radius 3 is 2.74 bits per heavy atom. The minimum Gasteiger partial charge on any atom is -0.389 e. The normalized spacial score (nSPS) is 12.7. The first kappa shape index (κ1) is 13.8. The van der Waals surface area contributed by atoms with Gasteiger partial charge < -0.3 is 5.11 Å². The van der Waals surface area contributed by atoms with Crippen molar-refractivity contribution in [2.75, 3.05) is 0 Å². The first-order valence-electron chi connectivity index (χ1n) is 5.67. The van der Waals surface area contributed by atoms with Crippen LogP contribution in [0.15, 0.2) is 27.0 Å². The van der Waals surface area contributed by atoms with Gasteiger partial charge in [0.25, 0.3) is 0 Å². The summed E-state index contributed by atoms with van der Waals surface area (Å²) < 4.78 is 14.9. The highest BCUT2D eigenvalue weighted by molar-refractivity contribution is 7.99. The Bertz CT molecular complexity index is 663. The standard InChI is InChI=1S/C12H14FN3O2S/c1-6-4-10(8(7(2)17)5-9(6)13)19-12-15-14-11(18)16(12)3/h4-5,7,17H,1-3H3,(H,14,18). The maximum absolute atomic E-state index is 13.5. The summed E-state index contributed by atoms with van der Waals surface area (Å²) in [5.41, 5.74) is 0.635. The molecule has 2 aromatic rings. The molecule has 19 heavy (non-hydrogen) atoms. The van der Waals surface area contributed by atoms with E-state index in [9.17, 15) is 14.3 Å². The summed E-state index contributed by atoms with van der Waals surface area (Å²) in [4.78, 5) is 12.0. The van der Waals surface area contributed by atoms with Crippen LogP contribution in [-0.2, 0) is 7.05 Å². The van der Waals surface area contributed by atoms with E-state index in [2.05, 4.69) is 10.2 Å². The summed E-state index contributed by atoms with van der Waals surface area (Å²) in [6, 6.07) is 2.95. The zero-order valence-electron chi connectivity index (χ0n) is 10.8. The second-order valence-corrected chi connectivity index (χ2v) is 5.30. The molecule has 1 unspecified atom stereocenters. The van der Waals surface area contributed by atoms with E-state index < -0.39 is 6.10 Å². The predicted molar refractivity (Wildman–Crippen MR) is 69.7 cm³/mol. The number of aliphatic hydroxyl groups excluding tert-OH is 1. The number of aliphatic hydroxyl groups is 1. The van der Waals surface area contributed by atoms with Gasteiger partial charge >= 0.3 is 5.69 Å². The maximum Gasteiger partial charge on any atom is 0.343 e. The Balaban J connectivity index is 2.47. The zero-order chi connectivity index (χ0) is 14.2. The smallest absolute Gasteiger partial charge is 0.343 e. The molecule has 0 fully saturated rings. The molecule has 0 radical (unpaired) electrons. The van der Waals surface area contributed by atoms with E-state index in [-0.39, 0.29) is 11.5 Å². The SMILES string of the molecule is Cc1cc(Sc2n[nH]c(=O)n2C)c(C(C)O)cc1F. The molecular formula is C12H14FN3O2S. The van der Waals surface area contributed by atoms with Crippen LogP contribution in [0.3, 0.4) is 0 Å². The molecule has 7 heteroatoms. The minimum atomic E-state index is -0.798. The van der Waals surface area contributed by atoms with Crippen molar-refractivity contribution in [3.8, 4) is 0 Å².